The van der Waals surface area contributed by atoms with Crippen LogP contribution in [0.1, 0.15) is 18.4 Å². The van der Waals surface area contributed by atoms with Crippen molar-refractivity contribution in [3.05, 3.63) is 34.9 Å². The zero-order chi connectivity index (χ0) is 16.2. The number of halogens is 1. The molecule has 122 valence electrons. The van der Waals surface area contributed by atoms with E-state index in [0.29, 0.717) is 31.2 Å². The number of nitrogens with one attached hydrogen (secondary N) is 1. The van der Waals surface area contributed by atoms with Crippen LogP contribution in [-0.4, -0.2) is 60.3 Å². The highest BCUT2D eigenvalue weighted by molar-refractivity contribution is 6.30. The Morgan fingerprint density at radius 3 is 2.95 bits per heavy atom. The second kappa shape index (κ2) is 7.31. The van der Waals surface area contributed by atoms with Crippen molar-refractivity contribution >= 4 is 17.6 Å². The van der Waals surface area contributed by atoms with E-state index in [1.165, 1.54) is 0 Å². The fourth-order valence-electron chi connectivity index (χ4n) is 2.94. The molecule has 0 spiro atoms. The lowest BCUT2D eigenvalue weighted by atomic mass is 9.92. The molecule has 1 aliphatic heterocycles. The number of carbonyl (C=O) groups excluding carboxylic acids is 1. The standard InChI is InChI=1S/C16H24ClN3O2/c1-19(2)11-16(22)7-4-8-20(12-16)15(21)18-10-13-5-3-6-14(17)9-13/h3,5-6,9,22H,4,7-8,10-12H2,1-2H3,(H,18,21)/t16-/m0/s1. The number of nitrogens with zero attached hydrogens (tertiary/aromatic N) is 2. The Hall–Kier alpha value is -1.30. The zero-order valence-corrected chi connectivity index (χ0v) is 13.9. The average molecular weight is 326 g/mol. The minimum absolute atomic E-state index is 0.142. The van der Waals surface area contributed by atoms with Crippen LogP contribution in [0, 0.1) is 0 Å². The van der Waals surface area contributed by atoms with Crippen molar-refractivity contribution in [3.63, 3.8) is 0 Å². The maximum absolute atomic E-state index is 12.3. The SMILES string of the molecule is CN(C)C[C@@]1(O)CCCN(C(=O)NCc2cccc(Cl)c2)C1. The highest BCUT2D eigenvalue weighted by Gasteiger charge is 2.35. The van der Waals surface area contributed by atoms with E-state index in [1.807, 2.05) is 37.2 Å². The van der Waals surface area contributed by atoms with Crippen LogP contribution in [0.25, 0.3) is 0 Å². The molecule has 0 radical (unpaired) electrons. The number of likely N-dealkylation sites (N-methyl/N-ethyl adjacent to an activating group) is 1. The molecule has 1 heterocycles. The molecule has 0 unspecified atom stereocenters. The second-order valence-electron chi connectivity index (χ2n) is 6.28. The molecule has 0 bridgehead atoms. The Kier molecular flexibility index (Phi) is 5.67. The van der Waals surface area contributed by atoms with Gasteiger partial charge in [0.15, 0.2) is 0 Å². The molecule has 2 rings (SSSR count). The van der Waals surface area contributed by atoms with E-state index in [2.05, 4.69) is 5.32 Å². The van der Waals surface area contributed by atoms with Gasteiger partial charge in [0.25, 0.3) is 0 Å². The third-order valence-electron chi connectivity index (χ3n) is 3.79. The molecule has 2 amide bonds. The van der Waals surface area contributed by atoms with Gasteiger partial charge in [-0.25, -0.2) is 4.79 Å². The van der Waals surface area contributed by atoms with Crippen LogP contribution in [0.3, 0.4) is 0 Å². The van der Waals surface area contributed by atoms with Crippen molar-refractivity contribution in [2.75, 3.05) is 33.7 Å². The van der Waals surface area contributed by atoms with Gasteiger partial charge in [-0.1, -0.05) is 23.7 Å². The second-order valence-corrected chi connectivity index (χ2v) is 6.71. The number of aliphatic hydroxyl groups is 1. The van der Waals surface area contributed by atoms with E-state index in [0.717, 1.165) is 18.4 Å². The summed E-state index contributed by atoms with van der Waals surface area (Å²) in [6, 6.07) is 7.28. The van der Waals surface area contributed by atoms with Gasteiger partial charge in [-0.2, -0.15) is 0 Å². The normalized spacial score (nSPS) is 22.0. The molecule has 22 heavy (non-hydrogen) atoms. The van der Waals surface area contributed by atoms with Crippen LogP contribution in [-0.2, 0) is 6.54 Å². The lowest BCUT2D eigenvalue weighted by molar-refractivity contribution is -0.0347. The predicted molar refractivity (Wildman–Crippen MR) is 88.0 cm³/mol. The summed E-state index contributed by atoms with van der Waals surface area (Å²) in [4.78, 5) is 15.9. The van der Waals surface area contributed by atoms with E-state index in [-0.39, 0.29) is 6.03 Å². The molecule has 1 fully saturated rings. The number of piperidine rings is 1. The van der Waals surface area contributed by atoms with Crippen LogP contribution in [0.4, 0.5) is 4.79 Å². The fraction of sp³-hybridized carbons (Fsp3) is 0.562. The number of hydrogen-bond donors (Lipinski definition) is 2. The number of carbonyl (C=O) groups is 1. The third kappa shape index (κ3) is 4.87. The fourth-order valence-corrected chi connectivity index (χ4v) is 3.15. The van der Waals surface area contributed by atoms with Gasteiger partial charge >= 0.3 is 6.03 Å². The molecule has 0 aliphatic carbocycles. The summed E-state index contributed by atoms with van der Waals surface area (Å²) in [5, 5.41) is 14.1. The molecule has 1 aromatic carbocycles. The lowest BCUT2D eigenvalue weighted by Crippen LogP contribution is -2.56. The number of likely N-dealkylation sites (tertiary alicyclic amines) is 1. The topological polar surface area (TPSA) is 55.8 Å². The first-order valence-electron chi connectivity index (χ1n) is 7.52. The molecule has 1 aromatic rings. The molecule has 1 saturated heterocycles. The smallest absolute Gasteiger partial charge is 0.317 e. The van der Waals surface area contributed by atoms with Crippen LogP contribution >= 0.6 is 11.6 Å². The van der Waals surface area contributed by atoms with Gasteiger partial charge in [0, 0.05) is 24.7 Å². The van der Waals surface area contributed by atoms with Crippen molar-refractivity contribution in [1.29, 1.82) is 0 Å². The minimum Gasteiger partial charge on any atom is -0.387 e. The van der Waals surface area contributed by atoms with Crippen LogP contribution in [0.5, 0.6) is 0 Å². The molecule has 1 aliphatic rings. The zero-order valence-electron chi connectivity index (χ0n) is 13.2. The number of benzene rings is 1. The number of β-amino-alcohol motifs (C(OH)–C–C–N with tert-alkyl or cyclic N) is 1. The van der Waals surface area contributed by atoms with E-state index >= 15 is 0 Å². The maximum atomic E-state index is 12.3. The van der Waals surface area contributed by atoms with Crippen molar-refractivity contribution in [1.82, 2.24) is 15.1 Å². The summed E-state index contributed by atoms with van der Waals surface area (Å²) < 4.78 is 0. The molecule has 0 aromatic heterocycles. The van der Waals surface area contributed by atoms with Gasteiger partial charge in [0.05, 0.1) is 12.1 Å². The van der Waals surface area contributed by atoms with E-state index in [4.69, 9.17) is 11.6 Å². The van der Waals surface area contributed by atoms with Gasteiger partial charge in [0.1, 0.15) is 0 Å². The predicted octanol–water partition coefficient (Wildman–Crippen LogP) is 1.94. The Balaban J connectivity index is 1.89. The third-order valence-corrected chi connectivity index (χ3v) is 4.02. The average Bonchev–Trinajstić information content (AvgIpc) is 2.43. The van der Waals surface area contributed by atoms with E-state index in [9.17, 15) is 9.90 Å². The van der Waals surface area contributed by atoms with Crippen LogP contribution in [0.2, 0.25) is 5.02 Å². The largest absolute Gasteiger partial charge is 0.387 e. The Morgan fingerprint density at radius 2 is 2.27 bits per heavy atom. The lowest BCUT2D eigenvalue weighted by Gasteiger charge is -2.40. The van der Waals surface area contributed by atoms with Gasteiger partial charge in [-0.05, 0) is 44.6 Å². The highest BCUT2D eigenvalue weighted by Crippen LogP contribution is 2.22. The first-order valence-corrected chi connectivity index (χ1v) is 7.90. The van der Waals surface area contributed by atoms with Crippen molar-refractivity contribution < 1.29 is 9.90 Å². The molecular weight excluding hydrogens is 302 g/mol. The number of urea groups is 1. The molecule has 1 atom stereocenters. The van der Waals surface area contributed by atoms with E-state index < -0.39 is 5.60 Å². The van der Waals surface area contributed by atoms with Crippen molar-refractivity contribution in [2.45, 2.75) is 25.0 Å². The minimum atomic E-state index is -0.824. The summed E-state index contributed by atoms with van der Waals surface area (Å²) in [5.74, 6) is 0. The summed E-state index contributed by atoms with van der Waals surface area (Å²) in [6.45, 7) is 2.04. The van der Waals surface area contributed by atoms with Crippen molar-refractivity contribution in [3.8, 4) is 0 Å². The Bertz CT molecular complexity index is 524. The van der Waals surface area contributed by atoms with Gasteiger partial charge in [-0.15, -0.1) is 0 Å². The molecule has 5 nitrogen and oxygen atoms in total. The first-order chi connectivity index (χ1) is 10.4. The summed E-state index contributed by atoms with van der Waals surface area (Å²) in [6.07, 6.45) is 1.54. The van der Waals surface area contributed by atoms with Crippen molar-refractivity contribution in [2.24, 2.45) is 0 Å². The summed E-state index contributed by atoms with van der Waals surface area (Å²) >= 11 is 5.93. The Labute approximate surface area is 136 Å². The molecule has 0 saturated carbocycles. The number of rotatable bonds is 4. The first kappa shape index (κ1) is 17.1. The van der Waals surface area contributed by atoms with E-state index in [1.54, 1.807) is 11.0 Å². The summed E-state index contributed by atoms with van der Waals surface area (Å²) in [7, 11) is 3.85. The molecule has 2 N–H and O–H groups in total. The van der Waals surface area contributed by atoms with Gasteiger partial charge in [-0.3, -0.25) is 0 Å². The van der Waals surface area contributed by atoms with Gasteiger partial charge < -0.3 is 20.2 Å². The molecule has 6 heteroatoms. The van der Waals surface area contributed by atoms with Crippen LogP contribution in [0.15, 0.2) is 24.3 Å². The number of amides is 2. The quantitative estimate of drug-likeness (QED) is 0.889. The summed E-state index contributed by atoms with van der Waals surface area (Å²) in [5.41, 5.74) is 0.135. The number of hydrogen-bond acceptors (Lipinski definition) is 3. The highest BCUT2D eigenvalue weighted by atomic mass is 35.5. The van der Waals surface area contributed by atoms with Gasteiger partial charge in [0.2, 0.25) is 0 Å². The molecular formula is C16H24ClN3O2. The Morgan fingerprint density at radius 1 is 1.50 bits per heavy atom. The monoisotopic (exact) mass is 325 g/mol. The van der Waals surface area contributed by atoms with Crippen LogP contribution < -0.4 is 5.32 Å². The maximum Gasteiger partial charge on any atom is 0.317 e.